The molecule has 1 amide bonds. The Hall–Kier alpha value is -2.08. The van der Waals surface area contributed by atoms with Gasteiger partial charge in [0, 0.05) is 42.9 Å². The molecule has 0 radical (unpaired) electrons. The highest BCUT2D eigenvalue weighted by Gasteiger charge is 2.23. The van der Waals surface area contributed by atoms with Gasteiger partial charge in [0.15, 0.2) is 0 Å². The monoisotopic (exact) mass is 288 g/mol. The number of hydrogen-bond acceptors (Lipinski definition) is 5. The number of carbonyl (C=O) groups excluding carboxylic acids is 1. The Kier molecular flexibility index (Phi) is 3.56. The predicted molar refractivity (Wildman–Crippen MR) is 81.1 cm³/mol. The minimum atomic E-state index is 0.0307. The molecule has 1 saturated heterocycles. The van der Waals surface area contributed by atoms with Gasteiger partial charge in [-0.05, 0) is 24.3 Å². The van der Waals surface area contributed by atoms with E-state index in [0.717, 1.165) is 37.6 Å². The molecule has 1 aliphatic heterocycles. The van der Waals surface area contributed by atoms with Crippen LogP contribution in [0.1, 0.15) is 10.5 Å². The predicted octanol–water partition coefficient (Wildman–Crippen LogP) is 1.69. The van der Waals surface area contributed by atoms with E-state index >= 15 is 0 Å². The van der Waals surface area contributed by atoms with Crippen LogP contribution >= 0.6 is 11.3 Å². The highest BCUT2D eigenvalue weighted by Crippen LogP contribution is 2.18. The van der Waals surface area contributed by atoms with E-state index in [4.69, 9.17) is 5.73 Å². The number of anilines is 2. The van der Waals surface area contributed by atoms with Crippen LogP contribution in [0.2, 0.25) is 0 Å². The Morgan fingerprint density at radius 1 is 1.15 bits per heavy atom. The minimum Gasteiger partial charge on any atom is -0.399 e. The van der Waals surface area contributed by atoms with Crippen molar-refractivity contribution in [2.45, 2.75) is 0 Å². The molecule has 0 aliphatic carbocycles. The lowest BCUT2D eigenvalue weighted by molar-refractivity contribution is 0.0741. The number of nitrogen functional groups attached to an aromatic ring is 1. The standard InChI is InChI=1S/C14H16N4OS/c15-11-1-3-12(4-2-11)17-5-7-18(8-6-17)14(19)13-9-20-10-16-13/h1-4,9-10H,5-8,15H2. The Morgan fingerprint density at radius 3 is 2.45 bits per heavy atom. The molecule has 2 aromatic rings. The van der Waals surface area contributed by atoms with E-state index in [2.05, 4.69) is 9.88 Å². The third kappa shape index (κ3) is 2.60. The quantitative estimate of drug-likeness (QED) is 0.854. The molecule has 1 aliphatic rings. The van der Waals surface area contributed by atoms with E-state index in [1.165, 1.54) is 11.3 Å². The molecule has 1 aromatic heterocycles. The van der Waals surface area contributed by atoms with Crippen LogP contribution in [0, 0.1) is 0 Å². The van der Waals surface area contributed by atoms with Crippen molar-refractivity contribution in [3.8, 4) is 0 Å². The molecule has 20 heavy (non-hydrogen) atoms. The first-order valence-corrected chi connectivity index (χ1v) is 7.46. The molecule has 0 saturated carbocycles. The van der Waals surface area contributed by atoms with Crippen LogP contribution in [0.4, 0.5) is 11.4 Å². The average molecular weight is 288 g/mol. The van der Waals surface area contributed by atoms with Gasteiger partial charge in [0.05, 0.1) is 5.51 Å². The van der Waals surface area contributed by atoms with Gasteiger partial charge in [-0.25, -0.2) is 4.98 Å². The highest BCUT2D eigenvalue weighted by molar-refractivity contribution is 7.07. The molecule has 104 valence electrons. The summed E-state index contributed by atoms with van der Waals surface area (Å²) >= 11 is 1.45. The van der Waals surface area contributed by atoms with Crippen LogP contribution < -0.4 is 10.6 Å². The lowest BCUT2D eigenvalue weighted by Crippen LogP contribution is -2.48. The average Bonchev–Trinajstić information content (AvgIpc) is 3.02. The number of hydrogen-bond donors (Lipinski definition) is 1. The van der Waals surface area contributed by atoms with Crippen LogP contribution in [-0.2, 0) is 0 Å². The second-order valence-electron chi connectivity index (χ2n) is 4.74. The normalized spacial score (nSPS) is 15.4. The second-order valence-corrected chi connectivity index (χ2v) is 5.46. The molecule has 6 heteroatoms. The summed E-state index contributed by atoms with van der Waals surface area (Å²) in [6, 6.07) is 7.85. The molecule has 0 unspecified atom stereocenters. The summed E-state index contributed by atoms with van der Waals surface area (Å²) in [7, 11) is 0. The number of carbonyl (C=O) groups is 1. The molecule has 2 N–H and O–H groups in total. The van der Waals surface area contributed by atoms with E-state index in [1.54, 1.807) is 10.9 Å². The van der Waals surface area contributed by atoms with Crippen molar-refractivity contribution in [1.29, 1.82) is 0 Å². The number of nitrogens with two attached hydrogens (primary N) is 1. The first-order valence-electron chi connectivity index (χ1n) is 6.52. The summed E-state index contributed by atoms with van der Waals surface area (Å²) in [5.41, 5.74) is 9.86. The number of thiazole rings is 1. The van der Waals surface area contributed by atoms with Crippen molar-refractivity contribution >= 4 is 28.6 Å². The molecule has 0 bridgehead atoms. The van der Waals surface area contributed by atoms with Gasteiger partial charge < -0.3 is 15.5 Å². The minimum absolute atomic E-state index is 0.0307. The highest BCUT2D eigenvalue weighted by atomic mass is 32.1. The fraction of sp³-hybridized carbons (Fsp3) is 0.286. The summed E-state index contributed by atoms with van der Waals surface area (Å²) in [4.78, 5) is 20.4. The van der Waals surface area contributed by atoms with E-state index in [0.29, 0.717) is 5.69 Å². The van der Waals surface area contributed by atoms with Gasteiger partial charge in [-0.3, -0.25) is 4.79 Å². The van der Waals surface area contributed by atoms with Gasteiger partial charge in [-0.2, -0.15) is 0 Å². The van der Waals surface area contributed by atoms with Gasteiger partial charge in [0.1, 0.15) is 5.69 Å². The largest absolute Gasteiger partial charge is 0.399 e. The molecule has 0 spiro atoms. The molecule has 3 rings (SSSR count). The van der Waals surface area contributed by atoms with Crippen LogP contribution in [0.5, 0.6) is 0 Å². The summed E-state index contributed by atoms with van der Waals surface area (Å²) in [5, 5.41) is 1.80. The van der Waals surface area contributed by atoms with Crippen molar-refractivity contribution in [3.05, 3.63) is 40.8 Å². The molecule has 1 fully saturated rings. The molecule has 1 aromatic carbocycles. The Labute approximate surface area is 121 Å². The molecular formula is C14H16N4OS. The maximum Gasteiger partial charge on any atom is 0.273 e. The molecule has 5 nitrogen and oxygen atoms in total. The van der Waals surface area contributed by atoms with Crippen LogP contribution in [0.25, 0.3) is 0 Å². The topological polar surface area (TPSA) is 62.5 Å². The summed E-state index contributed by atoms with van der Waals surface area (Å²) in [6.45, 7) is 3.11. The van der Waals surface area contributed by atoms with Gasteiger partial charge in [0.25, 0.3) is 5.91 Å². The zero-order valence-corrected chi connectivity index (χ0v) is 11.8. The molecule has 2 heterocycles. The molecule has 0 atom stereocenters. The Bertz CT molecular complexity index is 574. The summed E-state index contributed by atoms with van der Waals surface area (Å²) in [5.74, 6) is 0.0307. The summed E-state index contributed by atoms with van der Waals surface area (Å²) < 4.78 is 0. The van der Waals surface area contributed by atoms with Gasteiger partial charge in [-0.1, -0.05) is 0 Å². The SMILES string of the molecule is Nc1ccc(N2CCN(C(=O)c3cscn3)CC2)cc1. The zero-order valence-electron chi connectivity index (χ0n) is 11.0. The smallest absolute Gasteiger partial charge is 0.273 e. The lowest BCUT2D eigenvalue weighted by Gasteiger charge is -2.35. The van der Waals surface area contributed by atoms with E-state index in [1.807, 2.05) is 29.2 Å². The number of benzene rings is 1. The third-order valence-corrected chi connectivity index (χ3v) is 4.06. The van der Waals surface area contributed by atoms with Crippen molar-refractivity contribution in [3.63, 3.8) is 0 Å². The van der Waals surface area contributed by atoms with Crippen LogP contribution in [-0.4, -0.2) is 42.0 Å². The maximum atomic E-state index is 12.2. The first-order chi connectivity index (χ1) is 9.74. The van der Waals surface area contributed by atoms with Gasteiger partial charge >= 0.3 is 0 Å². The first kappa shape index (κ1) is 12.9. The van der Waals surface area contributed by atoms with Crippen molar-refractivity contribution < 1.29 is 4.79 Å². The fourth-order valence-corrected chi connectivity index (χ4v) is 2.86. The Balaban J connectivity index is 1.62. The summed E-state index contributed by atoms with van der Waals surface area (Å²) in [6.07, 6.45) is 0. The Morgan fingerprint density at radius 2 is 1.85 bits per heavy atom. The third-order valence-electron chi connectivity index (χ3n) is 3.48. The van der Waals surface area contributed by atoms with Gasteiger partial charge in [0.2, 0.25) is 0 Å². The van der Waals surface area contributed by atoms with Crippen molar-refractivity contribution in [2.75, 3.05) is 36.8 Å². The number of nitrogens with zero attached hydrogens (tertiary/aromatic N) is 3. The van der Waals surface area contributed by atoms with Crippen LogP contribution in [0.15, 0.2) is 35.2 Å². The molecular weight excluding hydrogens is 272 g/mol. The van der Waals surface area contributed by atoms with Gasteiger partial charge in [-0.15, -0.1) is 11.3 Å². The maximum absolute atomic E-state index is 12.2. The van der Waals surface area contributed by atoms with E-state index < -0.39 is 0 Å². The number of piperazine rings is 1. The zero-order chi connectivity index (χ0) is 13.9. The lowest BCUT2D eigenvalue weighted by atomic mass is 10.2. The van der Waals surface area contributed by atoms with Crippen molar-refractivity contribution in [2.24, 2.45) is 0 Å². The number of aromatic nitrogens is 1. The fourth-order valence-electron chi connectivity index (χ4n) is 2.33. The van der Waals surface area contributed by atoms with Crippen molar-refractivity contribution in [1.82, 2.24) is 9.88 Å². The number of amides is 1. The van der Waals surface area contributed by atoms with Crippen LogP contribution in [0.3, 0.4) is 0 Å². The van der Waals surface area contributed by atoms with E-state index in [9.17, 15) is 4.79 Å². The number of rotatable bonds is 2. The van der Waals surface area contributed by atoms with E-state index in [-0.39, 0.29) is 5.91 Å². The second kappa shape index (κ2) is 5.50.